The highest BCUT2D eigenvalue weighted by molar-refractivity contribution is 5.29. The molecule has 0 heterocycles. The van der Waals surface area contributed by atoms with E-state index in [4.69, 9.17) is 4.74 Å². The van der Waals surface area contributed by atoms with Gasteiger partial charge < -0.3 is 9.84 Å². The summed E-state index contributed by atoms with van der Waals surface area (Å²) in [4.78, 5) is 0. The van der Waals surface area contributed by atoms with Gasteiger partial charge in [-0.3, -0.25) is 0 Å². The van der Waals surface area contributed by atoms with Gasteiger partial charge in [-0.2, -0.15) is 0 Å². The lowest BCUT2D eigenvalue weighted by atomic mass is 10.0. The van der Waals surface area contributed by atoms with Gasteiger partial charge in [0.1, 0.15) is 12.4 Å². The molecule has 0 saturated carbocycles. The molecular formula is C18H22O2. The Kier molecular flexibility index (Phi) is 4.80. The van der Waals surface area contributed by atoms with Gasteiger partial charge in [-0.05, 0) is 41.7 Å². The minimum Gasteiger partial charge on any atom is -0.489 e. The minimum absolute atomic E-state index is 0.437. The van der Waals surface area contributed by atoms with Gasteiger partial charge in [-0.1, -0.05) is 50.2 Å². The second-order valence-corrected chi connectivity index (χ2v) is 5.43. The fraction of sp³-hybridized carbons (Fsp3) is 0.333. The third-order valence-corrected chi connectivity index (χ3v) is 3.41. The topological polar surface area (TPSA) is 29.5 Å². The molecule has 20 heavy (non-hydrogen) atoms. The minimum atomic E-state index is -0.437. The normalized spacial score (nSPS) is 12.4. The van der Waals surface area contributed by atoms with E-state index in [-0.39, 0.29) is 0 Å². The maximum atomic E-state index is 9.45. The highest BCUT2D eigenvalue weighted by Gasteiger charge is 2.02. The monoisotopic (exact) mass is 270 g/mol. The first-order valence-corrected chi connectivity index (χ1v) is 7.06. The van der Waals surface area contributed by atoms with Crippen LogP contribution >= 0.6 is 0 Å². The third kappa shape index (κ3) is 3.84. The van der Waals surface area contributed by atoms with Crippen LogP contribution in [0.15, 0.2) is 48.5 Å². The Morgan fingerprint density at radius 3 is 1.90 bits per heavy atom. The number of hydrogen-bond donors (Lipinski definition) is 1. The predicted molar refractivity (Wildman–Crippen MR) is 81.9 cm³/mol. The molecule has 0 aromatic heterocycles. The van der Waals surface area contributed by atoms with E-state index in [1.54, 1.807) is 6.92 Å². The molecule has 0 aliphatic heterocycles. The highest BCUT2D eigenvalue weighted by atomic mass is 16.5. The largest absolute Gasteiger partial charge is 0.489 e. The van der Waals surface area contributed by atoms with Gasteiger partial charge in [0.2, 0.25) is 0 Å². The zero-order valence-electron chi connectivity index (χ0n) is 12.3. The molecule has 1 atom stereocenters. The summed E-state index contributed by atoms with van der Waals surface area (Å²) in [5.74, 6) is 1.38. The molecule has 0 aliphatic rings. The van der Waals surface area contributed by atoms with Crippen LogP contribution in [0.3, 0.4) is 0 Å². The molecule has 2 nitrogen and oxygen atoms in total. The molecule has 2 heteroatoms. The van der Waals surface area contributed by atoms with Crippen LogP contribution in [0, 0.1) is 0 Å². The molecule has 0 amide bonds. The van der Waals surface area contributed by atoms with Crippen molar-refractivity contribution >= 4 is 0 Å². The smallest absolute Gasteiger partial charge is 0.119 e. The van der Waals surface area contributed by atoms with E-state index in [2.05, 4.69) is 38.1 Å². The van der Waals surface area contributed by atoms with Crippen molar-refractivity contribution < 1.29 is 9.84 Å². The molecule has 1 unspecified atom stereocenters. The summed E-state index contributed by atoms with van der Waals surface area (Å²) in [5.41, 5.74) is 3.41. The summed E-state index contributed by atoms with van der Waals surface area (Å²) in [5, 5.41) is 9.45. The maximum absolute atomic E-state index is 9.45. The van der Waals surface area contributed by atoms with Crippen molar-refractivity contribution in [3.8, 4) is 5.75 Å². The average Bonchev–Trinajstić information content (AvgIpc) is 2.46. The standard InChI is InChI=1S/C18H22O2/c1-13(2)16-6-4-15(5-7-16)12-20-18-10-8-17(9-11-18)14(3)19/h4-11,13-14,19H,12H2,1-3H3. The lowest BCUT2D eigenvalue weighted by molar-refractivity contribution is 0.199. The first kappa shape index (κ1) is 14.6. The van der Waals surface area contributed by atoms with Crippen LogP contribution < -0.4 is 4.74 Å². The van der Waals surface area contributed by atoms with Gasteiger partial charge in [0, 0.05) is 0 Å². The summed E-state index contributed by atoms with van der Waals surface area (Å²) in [6.07, 6.45) is -0.437. The Morgan fingerprint density at radius 1 is 0.850 bits per heavy atom. The van der Waals surface area contributed by atoms with Crippen LogP contribution in [-0.2, 0) is 6.61 Å². The van der Waals surface area contributed by atoms with Crippen molar-refractivity contribution in [2.45, 2.75) is 39.4 Å². The summed E-state index contributed by atoms with van der Waals surface area (Å²) in [6.45, 7) is 6.70. The van der Waals surface area contributed by atoms with Gasteiger partial charge >= 0.3 is 0 Å². The first-order chi connectivity index (χ1) is 9.56. The van der Waals surface area contributed by atoms with E-state index in [0.717, 1.165) is 16.9 Å². The van der Waals surface area contributed by atoms with E-state index < -0.39 is 6.10 Å². The molecule has 2 rings (SSSR count). The predicted octanol–water partition coefficient (Wildman–Crippen LogP) is 4.44. The quantitative estimate of drug-likeness (QED) is 0.870. The van der Waals surface area contributed by atoms with Gasteiger partial charge in [-0.15, -0.1) is 0 Å². The van der Waals surface area contributed by atoms with Gasteiger partial charge in [0.25, 0.3) is 0 Å². The molecular weight excluding hydrogens is 248 g/mol. The Morgan fingerprint density at radius 2 is 1.40 bits per heavy atom. The molecule has 0 spiro atoms. The number of benzene rings is 2. The summed E-state index contributed by atoms with van der Waals surface area (Å²) < 4.78 is 5.75. The zero-order valence-corrected chi connectivity index (χ0v) is 12.3. The van der Waals surface area contributed by atoms with E-state index in [1.807, 2.05) is 24.3 Å². The second kappa shape index (κ2) is 6.58. The Balaban J connectivity index is 1.94. The maximum Gasteiger partial charge on any atom is 0.119 e. The molecule has 0 aliphatic carbocycles. The first-order valence-electron chi connectivity index (χ1n) is 7.06. The molecule has 2 aromatic carbocycles. The molecule has 1 N–H and O–H groups in total. The number of rotatable bonds is 5. The van der Waals surface area contributed by atoms with Crippen LogP contribution in [0.25, 0.3) is 0 Å². The van der Waals surface area contributed by atoms with Crippen molar-refractivity contribution in [2.75, 3.05) is 0 Å². The lowest BCUT2D eigenvalue weighted by Crippen LogP contribution is -1.97. The second-order valence-electron chi connectivity index (χ2n) is 5.43. The van der Waals surface area contributed by atoms with Gasteiger partial charge in [0.05, 0.1) is 6.10 Å². The molecule has 0 saturated heterocycles. The van der Waals surface area contributed by atoms with Crippen molar-refractivity contribution in [1.82, 2.24) is 0 Å². The van der Waals surface area contributed by atoms with Gasteiger partial charge in [0.15, 0.2) is 0 Å². The summed E-state index contributed by atoms with van der Waals surface area (Å²) in [6, 6.07) is 16.1. The summed E-state index contributed by atoms with van der Waals surface area (Å²) in [7, 11) is 0. The molecule has 0 fully saturated rings. The van der Waals surface area contributed by atoms with Crippen LogP contribution in [0.5, 0.6) is 5.75 Å². The number of aliphatic hydroxyl groups excluding tert-OH is 1. The van der Waals surface area contributed by atoms with Gasteiger partial charge in [-0.25, -0.2) is 0 Å². The van der Waals surface area contributed by atoms with Crippen molar-refractivity contribution in [1.29, 1.82) is 0 Å². The van der Waals surface area contributed by atoms with E-state index in [9.17, 15) is 5.11 Å². The average molecular weight is 270 g/mol. The SMILES string of the molecule is CC(C)c1ccc(COc2ccc(C(C)O)cc2)cc1. The molecule has 2 aromatic rings. The van der Waals surface area contributed by atoms with E-state index in [1.165, 1.54) is 5.56 Å². The van der Waals surface area contributed by atoms with E-state index >= 15 is 0 Å². The van der Waals surface area contributed by atoms with E-state index in [0.29, 0.717) is 12.5 Å². The molecule has 106 valence electrons. The van der Waals surface area contributed by atoms with Crippen molar-refractivity contribution in [3.63, 3.8) is 0 Å². The molecule has 0 bridgehead atoms. The number of hydrogen-bond acceptors (Lipinski definition) is 2. The van der Waals surface area contributed by atoms with Crippen molar-refractivity contribution in [3.05, 3.63) is 65.2 Å². The zero-order chi connectivity index (χ0) is 14.5. The number of ether oxygens (including phenoxy) is 1. The molecule has 0 radical (unpaired) electrons. The van der Waals surface area contributed by atoms with Crippen LogP contribution in [-0.4, -0.2) is 5.11 Å². The third-order valence-electron chi connectivity index (χ3n) is 3.41. The van der Waals surface area contributed by atoms with Crippen LogP contribution in [0.2, 0.25) is 0 Å². The number of aliphatic hydroxyl groups is 1. The van der Waals surface area contributed by atoms with Crippen LogP contribution in [0.4, 0.5) is 0 Å². The Labute approximate surface area is 121 Å². The van der Waals surface area contributed by atoms with Crippen LogP contribution in [0.1, 0.15) is 49.5 Å². The Hall–Kier alpha value is -1.80. The Bertz CT molecular complexity index is 473. The summed E-state index contributed by atoms with van der Waals surface area (Å²) >= 11 is 0. The highest BCUT2D eigenvalue weighted by Crippen LogP contribution is 2.19. The lowest BCUT2D eigenvalue weighted by Gasteiger charge is -2.10. The fourth-order valence-electron chi connectivity index (χ4n) is 2.01. The fourth-order valence-corrected chi connectivity index (χ4v) is 2.01. The van der Waals surface area contributed by atoms with Crippen molar-refractivity contribution in [2.24, 2.45) is 0 Å².